The lowest BCUT2D eigenvalue weighted by Crippen LogP contribution is -2.31. The Kier molecular flexibility index (Phi) is 4.29. The van der Waals surface area contributed by atoms with Crippen LogP contribution in [0.25, 0.3) is 10.1 Å². The summed E-state index contributed by atoms with van der Waals surface area (Å²) in [5, 5.41) is 1.19. The van der Waals surface area contributed by atoms with Crippen LogP contribution in [0.4, 0.5) is 13.2 Å². The number of aromatic nitrogens is 2. The Morgan fingerprint density at radius 1 is 1.24 bits per heavy atom. The third-order valence-electron chi connectivity index (χ3n) is 4.24. The first-order chi connectivity index (χ1) is 11.9. The van der Waals surface area contributed by atoms with E-state index in [1.54, 1.807) is 11.3 Å². The van der Waals surface area contributed by atoms with Gasteiger partial charge in [-0.2, -0.15) is 13.2 Å². The standard InChI is InChI=1S/C17H13BrF3N3S/c18-15-11-3-1-2-4-13(11)25-14(15)9-24-6-5-12-10(8-24)7-22-16(23-12)17(19,20)21/h1-4,7H,5-6,8-9H2. The molecule has 3 aromatic rings. The third kappa shape index (κ3) is 3.30. The molecule has 0 bridgehead atoms. The number of rotatable bonds is 2. The number of thiophene rings is 1. The Balaban J connectivity index is 1.55. The van der Waals surface area contributed by atoms with Crippen LogP contribution in [0, 0.1) is 0 Å². The fourth-order valence-corrected chi connectivity index (χ4v) is 5.00. The van der Waals surface area contributed by atoms with Crippen molar-refractivity contribution in [1.29, 1.82) is 0 Å². The Morgan fingerprint density at radius 2 is 2.04 bits per heavy atom. The van der Waals surface area contributed by atoms with Crippen molar-refractivity contribution in [2.75, 3.05) is 6.54 Å². The zero-order valence-corrected chi connectivity index (χ0v) is 15.4. The number of alkyl halides is 3. The van der Waals surface area contributed by atoms with Gasteiger partial charge in [0.05, 0.1) is 5.69 Å². The van der Waals surface area contributed by atoms with Gasteiger partial charge in [-0.05, 0) is 22.0 Å². The SMILES string of the molecule is FC(F)(F)c1ncc2c(n1)CCN(Cc1sc3ccccc3c1Br)C2. The normalized spacial score (nSPS) is 15.5. The molecule has 0 aliphatic carbocycles. The largest absolute Gasteiger partial charge is 0.451 e. The first kappa shape index (κ1) is 16.9. The fraction of sp³-hybridized carbons (Fsp3) is 0.294. The van der Waals surface area contributed by atoms with Crippen molar-refractivity contribution in [1.82, 2.24) is 14.9 Å². The van der Waals surface area contributed by atoms with E-state index in [9.17, 15) is 13.2 Å². The summed E-state index contributed by atoms with van der Waals surface area (Å²) in [4.78, 5) is 10.6. The number of benzene rings is 1. The zero-order chi connectivity index (χ0) is 17.6. The molecule has 1 aromatic carbocycles. The second kappa shape index (κ2) is 6.34. The van der Waals surface area contributed by atoms with Gasteiger partial charge >= 0.3 is 6.18 Å². The summed E-state index contributed by atoms with van der Waals surface area (Å²) >= 11 is 5.41. The van der Waals surface area contributed by atoms with Gasteiger partial charge in [0.25, 0.3) is 0 Å². The van der Waals surface area contributed by atoms with Crippen molar-refractivity contribution in [2.24, 2.45) is 0 Å². The molecule has 0 N–H and O–H groups in total. The molecular weight excluding hydrogens is 415 g/mol. The first-order valence-corrected chi connectivity index (χ1v) is 9.33. The molecule has 1 aliphatic heterocycles. The summed E-state index contributed by atoms with van der Waals surface area (Å²) in [6.45, 7) is 2.00. The van der Waals surface area contributed by atoms with Gasteiger partial charge in [0.1, 0.15) is 0 Å². The molecule has 8 heteroatoms. The van der Waals surface area contributed by atoms with Gasteiger partial charge in [-0.15, -0.1) is 11.3 Å². The molecule has 0 saturated heterocycles. The molecule has 3 nitrogen and oxygen atoms in total. The van der Waals surface area contributed by atoms with E-state index < -0.39 is 12.0 Å². The van der Waals surface area contributed by atoms with Gasteiger partial charge in [0, 0.05) is 57.3 Å². The topological polar surface area (TPSA) is 29.0 Å². The van der Waals surface area contributed by atoms with E-state index in [2.05, 4.69) is 42.9 Å². The van der Waals surface area contributed by atoms with Crippen LogP contribution in [-0.4, -0.2) is 21.4 Å². The maximum absolute atomic E-state index is 12.7. The lowest BCUT2D eigenvalue weighted by Gasteiger charge is -2.27. The van der Waals surface area contributed by atoms with Crippen LogP contribution in [-0.2, 0) is 25.7 Å². The fourth-order valence-electron chi connectivity index (χ4n) is 3.02. The predicted octanol–water partition coefficient (Wildman–Crippen LogP) is 5.03. The predicted molar refractivity (Wildman–Crippen MR) is 94.4 cm³/mol. The molecule has 1 aliphatic rings. The third-order valence-corrected chi connectivity index (χ3v) is 6.56. The zero-order valence-electron chi connectivity index (χ0n) is 13.0. The van der Waals surface area contributed by atoms with Gasteiger partial charge in [-0.3, -0.25) is 4.90 Å². The van der Waals surface area contributed by atoms with E-state index in [0.29, 0.717) is 25.2 Å². The van der Waals surface area contributed by atoms with Crippen molar-refractivity contribution >= 4 is 37.4 Å². The molecule has 0 fully saturated rings. The summed E-state index contributed by atoms with van der Waals surface area (Å²) in [5.41, 5.74) is 1.28. The van der Waals surface area contributed by atoms with Crippen molar-refractivity contribution in [2.45, 2.75) is 25.7 Å². The molecule has 0 saturated carbocycles. The highest BCUT2D eigenvalue weighted by Crippen LogP contribution is 2.37. The van der Waals surface area contributed by atoms with E-state index in [-0.39, 0.29) is 0 Å². The van der Waals surface area contributed by atoms with Crippen LogP contribution < -0.4 is 0 Å². The van der Waals surface area contributed by atoms with Crippen LogP contribution >= 0.6 is 27.3 Å². The summed E-state index contributed by atoms with van der Waals surface area (Å²) in [5.74, 6) is -1.05. The highest BCUT2D eigenvalue weighted by molar-refractivity contribution is 9.10. The number of nitrogens with zero attached hydrogens (tertiary/aromatic N) is 3. The quantitative estimate of drug-likeness (QED) is 0.574. The second-order valence-corrected chi connectivity index (χ2v) is 7.89. The Bertz CT molecular complexity index is 939. The van der Waals surface area contributed by atoms with Crippen LogP contribution in [0.15, 0.2) is 34.9 Å². The van der Waals surface area contributed by atoms with E-state index in [1.807, 2.05) is 12.1 Å². The summed E-state index contributed by atoms with van der Waals surface area (Å²) < 4.78 is 40.5. The minimum atomic E-state index is -4.49. The molecule has 0 spiro atoms. The van der Waals surface area contributed by atoms with E-state index >= 15 is 0 Å². The number of hydrogen-bond donors (Lipinski definition) is 0. The Morgan fingerprint density at radius 3 is 2.80 bits per heavy atom. The summed E-state index contributed by atoms with van der Waals surface area (Å²) in [6.07, 6.45) is -2.67. The van der Waals surface area contributed by atoms with Gasteiger partial charge in [0.2, 0.25) is 5.82 Å². The van der Waals surface area contributed by atoms with Crippen LogP contribution in [0.1, 0.15) is 22.0 Å². The number of hydrogen-bond acceptors (Lipinski definition) is 4. The lowest BCUT2D eigenvalue weighted by atomic mass is 10.1. The minimum Gasteiger partial charge on any atom is -0.293 e. The molecule has 0 atom stereocenters. The van der Waals surface area contributed by atoms with E-state index in [4.69, 9.17) is 0 Å². The van der Waals surface area contributed by atoms with Crippen molar-refractivity contribution < 1.29 is 13.2 Å². The maximum Gasteiger partial charge on any atom is 0.451 e. The molecular formula is C17H13BrF3N3S. The van der Waals surface area contributed by atoms with E-state index in [1.165, 1.54) is 21.2 Å². The van der Waals surface area contributed by atoms with Crippen LogP contribution in [0.3, 0.4) is 0 Å². The Hall–Kier alpha value is -1.51. The minimum absolute atomic E-state index is 0.503. The average Bonchev–Trinajstić information content (AvgIpc) is 2.90. The molecule has 4 rings (SSSR count). The van der Waals surface area contributed by atoms with Crippen LogP contribution in [0.5, 0.6) is 0 Å². The first-order valence-electron chi connectivity index (χ1n) is 7.72. The van der Waals surface area contributed by atoms with E-state index in [0.717, 1.165) is 16.6 Å². The molecule has 3 heterocycles. The average molecular weight is 428 g/mol. The number of halogens is 4. The molecule has 25 heavy (non-hydrogen) atoms. The summed E-state index contributed by atoms with van der Waals surface area (Å²) in [7, 11) is 0. The second-order valence-electron chi connectivity index (χ2n) is 5.96. The summed E-state index contributed by atoms with van der Waals surface area (Å²) in [6, 6.07) is 8.20. The maximum atomic E-state index is 12.7. The monoisotopic (exact) mass is 427 g/mol. The number of fused-ring (bicyclic) bond motifs is 2. The van der Waals surface area contributed by atoms with Gasteiger partial charge in [-0.25, -0.2) is 9.97 Å². The van der Waals surface area contributed by atoms with Crippen molar-refractivity contribution in [3.63, 3.8) is 0 Å². The smallest absolute Gasteiger partial charge is 0.293 e. The molecule has 0 amide bonds. The van der Waals surface area contributed by atoms with Crippen molar-refractivity contribution in [3.05, 3.63) is 56.9 Å². The van der Waals surface area contributed by atoms with Gasteiger partial charge < -0.3 is 0 Å². The van der Waals surface area contributed by atoms with Crippen molar-refractivity contribution in [3.8, 4) is 0 Å². The lowest BCUT2D eigenvalue weighted by molar-refractivity contribution is -0.145. The van der Waals surface area contributed by atoms with Gasteiger partial charge in [0.15, 0.2) is 0 Å². The molecule has 2 aromatic heterocycles. The molecule has 0 radical (unpaired) electrons. The highest BCUT2D eigenvalue weighted by Gasteiger charge is 2.35. The Labute approximate surface area is 154 Å². The van der Waals surface area contributed by atoms with Crippen LogP contribution in [0.2, 0.25) is 0 Å². The van der Waals surface area contributed by atoms with Gasteiger partial charge in [-0.1, -0.05) is 18.2 Å². The molecule has 0 unspecified atom stereocenters. The molecule has 130 valence electrons. The highest BCUT2D eigenvalue weighted by atomic mass is 79.9.